The van der Waals surface area contributed by atoms with E-state index in [0.29, 0.717) is 6.04 Å². The molecule has 1 N–H and O–H groups in total. The smallest absolute Gasteiger partial charge is 0.137 e. The van der Waals surface area contributed by atoms with E-state index in [4.69, 9.17) is 4.74 Å². The standard InChI is InChI=1S/C23H23BrN2O/c1-25(2)17-9-11-19-21(13-17)27-22-14-18(26(3)4)10-12-20(22)23(19)15-5-7-16(24)8-6-15/h5-14,17H,1-4H3/p+1. The van der Waals surface area contributed by atoms with Crippen molar-refractivity contribution in [3.63, 3.8) is 0 Å². The Bertz CT molecular complexity index is 968. The minimum Gasteiger partial charge on any atom is -0.456 e. The Balaban J connectivity index is 1.93. The quantitative estimate of drug-likeness (QED) is 0.810. The van der Waals surface area contributed by atoms with Crippen LogP contribution in [0, 0.1) is 0 Å². The average Bonchev–Trinajstić information content (AvgIpc) is 2.66. The average molecular weight is 424 g/mol. The van der Waals surface area contributed by atoms with Crippen molar-refractivity contribution >= 4 is 27.2 Å². The number of ether oxygens (including phenoxy) is 1. The van der Waals surface area contributed by atoms with Gasteiger partial charge in [0.2, 0.25) is 0 Å². The van der Waals surface area contributed by atoms with E-state index < -0.39 is 0 Å². The third-order valence-corrected chi connectivity index (χ3v) is 5.64. The van der Waals surface area contributed by atoms with Gasteiger partial charge < -0.3 is 14.5 Å². The highest BCUT2D eigenvalue weighted by Gasteiger charge is 2.28. The molecule has 0 radical (unpaired) electrons. The van der Waals surface area contributed by atoms with Crippen LogP contribution in [-0.2, 0) is 0 Å². The van der Waals surface area contributed by atoms with Crippen LogP contribution < -0.4 is 14.5 Å². The van der Waals surface area contributed by atoms with E-state index in [1.54, 1.807) is 0 Å². The molecule has 4 heteroatoms. The molecule has 1 atom stereocenters. The van der Waals surface area contributed by atoms with Crippen LogP contribution in [0.4, 0.5) is 5.69 Å². The van der Waals surface area contributed by atoms with E-state index in [2.05, 4.69) is 110 Å². The van der Waals surface area contributed by atoms with Gasteiger partial charge in [0.1, 0.15) is 17.6 Å². The minimum atomic E-state index is 0.313. The number of hydrogen-bond acceptors (Lipinski definition) is 2. The summed E-state index contributed by atoms with van der Waals surface area (Å²) >= 11 is 3.54. The fourth-order valence-electron chi connectivity index (χ4n) is 3.52. The van der Waals surface area contributed by atoms with E-state index in [1.165, 1.54) is 16.0 Å². The third-order valence-electron chi connectivity index (χ3n) is 5.11. The molecule has 4 rings (SSSR count). The maximum absolute atomic E-state index is 6.39. The highest BCUT2D eigenvalue weighted by Crippen LogP contribution is 2.44. The highest BCUT2D eigenvalue weighted by atomic mass is 79.9. The van der Waals surface area contributed by atoms with Gasteiger partial charge in [0, 0.05) is 53.1 Å². The lowest BCUT2D eigenvalue weighted by atomic mass is 9.87. The minimum absolute atomic E-state index is 0.313. The zero-order valence-electron chi connectivity index (χ0n) is 16.1. The Morgan fingerprint density at radius 3 is 2.44 bits per heavy atom. The van der Waals surface area contributed by atoms with E-state index in [0.717, 1.165) is 32.8 Å². The summed E-state index contributed by atoms with van der Waals surface area (Å²) in [6, 6.07) is 15.3. The van der Waals surface area contributed by atoms with Gasteiger partial charge >= 0.3 is 0 Å². The van der Waals surface area contributed by atoms with Crippen LogP contribution in [0.3, 0.4) is 0 Å². The molecule has 1 aliphatic heterocycles. The van der Waals surface area contributed by atoms with Crippen molar-refractivity contribution in [2.45, 2.75) is 6.04 Å². The van der Waals surface area contributed by atoms with Gasteiger partial charge in [-0.2, -0.15) is 0 Å². The normalized spacial score (nSPS) is 18.0. The Morgan fingerprint density at radius 1 is 1.04 bits per heavy atom. The van der Waals surface area contributed by atoms with Gasteiger partial charge in [-0.25, -0.2) is 0 Å². The van der Waals surface area contributed by atoms with Crippen molar-refractivity contribution in [1.29, 1.82) is 0 Å². The van der Waals surface area contributed by atoms with Crippen LogP contribution in [0.5, 0.6) is 5.75 Å². The highest BCUT2D eigenvalue weighted by molar-refractivity contribution is 9.10. The first-order valence-electron chi connectivity index (χ1n) is 9.14. The molecule has 0 spiro atoms. The van der Waals surface area contributed by atoms with Crippen molar-refractivity contribution in [3.8, 4) is 5.75 Å². The van der Waals surface area contributed by atoms with Crippen molar-refractivity contribution in [3.05, 3.63) is 87.6 Å². The number of nitrogens with zero attached hydrogens (tertiary/aromatic N) is 1. The lowest BCUT2D eigenvalue weighted by molar-refractivity contribution is -0.871. The summed E-state index contributed by atoms with van der Waals surface area (Å²) in [5.74, 6) is 1.86. The number of hydrogen-bond donors (Lipinski definition) is 1. The van der Waals surface area contributed by atoms with Crippen LogP contribution in [0.1, 0.15) is 11.1 Å². The molecule has 2 aromatic rings. The van der Waals surface area contributed by atoms with Crippen LogP contribution in [0.15, 0.2) is 76.5 Å². The molecular weight excluding hydrogens is 400 g/mol. The topological polar surface area (TPSA) is 16.9 Å². The zero-order chi connectivity index (χ0) is 19.1. The predicted octanol–water partition coefficient (Wildman–Crippen LogP) is 3.68. The molecule has 2 aromatic carbocycles. The summed E-state index contributed by atoms with van der Waals surface area (Å²) in [5.41, 5.74) is 5.84. The SMILES string of the molecule is CN(C)c1ccc2c(c1)OC1=CC([NH+](C)C)C=CC1=C2c1ccc(Br)cc1. The lowest BCUT2D eigenvalue weighted by Gasteiger charge is -2.29. The summed E-state index contributed by atoms with van der Waals surface area (Å²) in [6.07, 6.45) is 6.71. The number of halogens is 1. The number of allylic oxidation sites excluding steroid dienone is 1. The second-order valence-corrected chi connectivity index (χ2v) is 8.38. The van der Waals surface area contributed by atoms with Crippen molar-refractivity contribution in [1.82, 2.24) is 0 Å². The fourth-order valence-corrected chi connectivity index (χ4v) is 3.78. The predicted molar refractivity (Wildman–Crippen MR) is 115 cm³/mol. The van der Waals surface area contributed by atoms with Gasteiger partial charge in [0.15, 0.2) is 0 Å². The van der Waals surface area contributed by atoms with E-state index in [-0.39, 0.29) is 0 Å². The molecule has 0 bridgehead atoms. The first-order chi connectivity index (χ1) is 12.9. The van der Waals surface area contributed by atoms with Crippen molar-refractivity contribution < 1.29 is 9.64 Å². The molecule has 0 saturated heterocycles. The fraction of sp³-hybridized carbons (Fsp3) is 0.217. The molecule has 2 aliphatic rings. The molecule has 0 saturated carbocycles. The van der Waals surface area contributed by atoms with Crippen LogP contribution >= 0.6 is 15.9 Å². The summed E-state index contributed by atoms with van der Waals surface area (Å²) in [5, 5.41) is 0. The van der Waals surface area contributed by atoms with Gasteiger partial charge in [-0.15, -0.1) is 0 Å². The molecule has 0 aromatic heterocycles. The van der Waals surface area contributed by atoms with Crippen molar-refractivity contribution in [2.24, 2.45) is 0 Å². The maximum atomic E-state index is 6.39. The Kier molecular flexibility index (Phi) is 4.70. The molecule has 0 amide bonds. The third kappa shape index (κ3) is 3.35. The Labute approximate surface area is 169 Å². The first-order valence-corrected chi connectivity index (χ1v) is 9.93. The molecular formula is C23H24BrN2O+. The lowest BCUT2D eigenvalue weighted by Crippen LogP contribution is -3.09. The summed E-state index contributed by atoms with van der Waals surface area (Å²) in [7, 11) is 8.43. The number of fused-ring (bicyclic) bond motifs is 2. The molecule has 3 nitrogen and oxygen atoms in total. The van der Waals surface area contributed by atoms with Crippen LogP contribution in [0.2, 0.25) is 0 Å². The summed E-state index contributed by atoms with van der Waals surface area (Å²) in [4.78, 5) is 3.46. The van der Waals surface area contributed by atoms with Gasteiger partial charge in [-0.05, 0) is 42.0 Å². The molecule has 1 heterocycles. The number of quaternary nitrogens is 1. The first kappa shape index (κ1) is 18.1. The molecule has 0 fully saturated rings. The zero-order valence-corrected chi connectivity index (χ0v) is 17.7. The summed E-state index contributed by atoms with van der Waals surface area (Å²) in [6.45, 7) is 0. The largest absolute Gasteiger partial charge is 0.456 e. The van der Waals surface area contributed by atoms with Gasteiger partial charge in [-0.3, -0.25) is 0 Å². The van der Waals surface area contributed by atoms with E-state index in [1.807, 2.05) is 0 Å². The second kappa shape index (κ2) is 7.02. The Morgan fingerprint density at radius 2 is 1.78 bits per heavy atom. The van der Waals surface area contributed by atoms with Crippen LogP contribution in [0.25, 0.3) is 5.57 Å². The monoisotopic (exact) mass is 423 g/mol. The molecule has 138 valence electrons. The van der Waals surface area contributed by atoms with Gasteiger partial charge in [-0.1, -0.05) is 28.1 Å². The second-order valence-electron chi connectivity index (χ2n) is 7.47. The number of benzene rings is 2. The van der Waals surface area contributed by atoms with Gasteiger partial charge in [0.05, 0.1) is 14.1 Å². The number of likely N-dealkylation sites (N-methyl/N-ethyl adjacent to an activating group) is 1. The van der Waals surface area contributed by atoms with E-state index >= 15 is 0 Å². The molecule has 1 unspecified atom stereocenters. The number of nitrogens with one attached hydrogen (secondary N) is 1. The maximum Gasteiger partial charge on any atom is 0.137 e. The van der Waals surface area contributed by atoms with Crippen molar-refractivity contribution in [2.75, 3.05) is 33.1 Å². The summed E-state index contributed by atoms with van der Waals surface area (Å²) < 4.78 is 7.47. The number of anilines is 1. The molecule has 1 aliphatic carbocycles. The number of rotatable bonds is 3. The Hall–Kier alpha value is -2.30. The molecule has 27 heavy (non-hydrogen) atoms. The van der Waals surface area contributed by atoms with Crippen LogP contribution in [-0.4, -0.2) is 34.2 Å². The van der Waals surface area contributed by atoms with Gasteiger partial charge in [0.25, 0.3) is 0 Å². The van der Waals surface area contributed by atoms with E-state index in [9.17, 15) is 0 Å².